The molecule has 0 aliphatic rings. The third kappa shape index (κ3) is 4.25. The molecule has 2 atom stereocenters. The Kier molecular flexibility index (Phi) is 5.36. The van der Waals surface area contributed by atoms with Crippen LogP contribution in [0, 0.1) is 0 Å². The van der Waals surface area contributed by atoms with Crippen LogP contribution >= 0.6 is 8.25 Å². The Morgan fingerprint density at radius 3 is 2.31 bits per heavy atom. The van der Waals surface area contributed by atoms with E-state index in [0.29, 0.717) is 5.75 Å². The fourth-order valence-corrected chi connectivity index (χ4v) is 1.88. The largest absolute Gasteiger partial charge is 0.497 e. The Morgan fingerprint density at radius 1 is 1.25 bits per heavy atom. The van der Waals surface area contributed by atoms with Gasteiger partial charge in [0.05, 0.1) is 13.2 Å². The molecule has 0 bridgehead atoms. The average molecular weight is 244 g/mol. The van der Waals surface area contributed by atoms with Crippen molar-refractivity contribution in [2.24, 2.45) is 0 Å². The lowest BCUT2D eigenvalue weighted by Gasteiger charge is -2.11. The second kappa shape index (κ2) is 6.56. The van der Waals surface area contributed by atoms with Crippen LogP contribution in [-0.2, 0) is 9.09 Å². The number of methoxy groups -OCH3 is 1. The monoisotopic (exact) mass is 244 g/mol. The Hall–Kier alpha value is -0.990. The first-order valence-corrected chi connectivity index (χ1v) is 6.40. The van der Waals surface area contributed by atoms with E-state index in [0.717, 1.165) is 12.2 Å². The standard InChI is InChI=1S/C11H17O4P/c1-4-9(2)14-16(12)15-11-7-5-10(13-3)6-8-11/h5-9,16H,4H2,1-3H3. The molecular weight excluding hydrogens is 227 g/mol. The van der Waals surface area contributed by atoms with E-state index in [2.05, 4.69) is 0 Å². The number of benzene rings is 1. The predicted octanol–water partition coefficient (Wildman–Crippen LogP) is 3.28. The lowest BCUT2D eigenvalue weighted by atomic mass is 10.3. The van der Waals surface area contributed by atoms with Crippen LogP contribution in [0.3, 0.4) is 0 Å². The van der Waals surface area contributed by atoms with Gasteiger partial charge >= 0.3 is 8.25 Å². The topological polar surface area (TPSA) is 44.8 Å². The normalized spacial score (nSPS) is 14.2. The SMILES string of the molecule is CCC(C)O[PH](=O)Oc1ccc(OC)cc1. The molecule has 1 aromatic rings. The summed E-state index contributed by atoms with van der Waals surface area (Å²) in [5.74, 6) is 1.25. The summed E-state index contributed by atoms with van der Waals surface area (Å²) < 4.78 is 26.8. The molecule has 1 rings (SSSR count). The molecular formula is C11H17O4P. The summed E-state index contributed by atoms with van der Waals surface area (Å²) in [5, 5.41) is 0. The van der Waals surface area contributed by atoms with Gasteiger partial charge in [0.2, 0.25) is 0 Å². The zero-order valence-electron chi connectivity index (χ0n) is 9.73. The third-order valence-corrected chi connectivity index (χ3v) is 3.13. The first-order valence-electron chi connectivity index (χ1n) is 5.18. The summed E-state index contributed by atoms with van der Waals surface area (Å²) in [4.78, 5) is 0. The van der Waals surface area contributed by atoms with Crippen LogP contribution in [0.1, 0.15) is 20.3 Å². The van der Waals surface area contributed by atoms with Crippen molar-refractivity contribution in [1.82, 2.24) is 0 Å². The summed E-state index contributed by atoms with van der Waals surface area (Å²) in [6, 6.07) is 6.88. The average Bonchev–Trinajstić information content (AvgIpc) is 2.29. The van der Waals surface area contributed by atoms with Gasteiger partial charge in [0.1, 0.15) is 11.5 Å². The number of hydrogen-bond acceptors (Lipinski definition) is 4. The zero-order chi connectivity index (χ0) is 12.0. The minimum absolute atomic E-state index is 0.0513. The predicted molar refractivity (Wildman–Crippen MR) is 63.5 cm³/mol. The van der Waals surface area contributed by atoms with Crippen molar-refractivity contribution in [3.8, 4) is 11.5 Å². The van der Waals surface area contributed by atoms with E-state index < -0.39 is 8.25 Å². The van der Waals surface area contributed by atoms with Crippen LogP contribution in [0.15, 0.2) is 24.3 Å². The molecule has 4 nitrogen and oxygen atoms in total. The third-order valence-electron chi connectivity index (χ3n) is 2.13. The van der Waals surface area contributed by atoms with E-state index in [-0.39, 0.29) is 6.10 Å². The molecule has 90 valence electrons. The lowest BCUT2D eigenvalue weighted by molar-refractivity contribution is 0.205. The molecule has 0 saturated heterocycles. The molecule has 0 amide bonds. The zero-order valence-corrected chi connectivity index (χ0v) is 10.7. The van der Waals surface area contributed by atoms with Gasteiger partial charge < -0.3 is 9.26 Å². The second-order valence-corrected chi connectivity index (χ2v) is 4.30. The molecule has 0 aliphatic carbocycles. The van der Waals surface area contributed by atoms with E-state index in [1.807, 2.05) is 13.8 Å². The quantitative estimate of drug-likeness (QED) is 0.720. The molecule has 0 saturated carbocycles. The van der Waals surface area contributed by atoms with Gasteiger partial charge in [-0.25, -0.2) is 4.57 Å². The van der Waals surface area contributed by atoms with Gasteiger partial charge in [-0.3, -0.25) is 4.52 Å². The minimum atomic E-state index is -2.46. The van der Waals surface area contributed by atoms with Crippen LogP contribution in [0.2, 0.25) is 0 Å². The highest BCUT2D eigenvalue weighted by Gasteiger charge is 2.06. The van der Waals surface area contributed by atoms with Crippen molar-refractivity contribution in [3.05, 3.63) is 24.3 Å². The Labute approximate surface area is 96.5 Å². The van der Waals surface area contributed by atoms with Crippen LogP contribution in [0.4, 0.5) is 0 Å². The molecule has 0 aromatic heterocycles. The molecule has 0 spiro atoms. The summed E-state index contributed by atoms with van der Waals surface area (Å²) >= 11 is 0. The maximum atomic E-state index is 11.4. The van der Waals surface area contributed by atoms with E-state index in [1.54, 1.807) is 31.4 Å². The number of hydrogen-bond donors (Lipinski definition) is 0. The number of rotatable bonds is 6. The summed E-state index contributed by atoms with van der Waals surface area (Å²) in [5.41, 5.74) is 0. The molecule has 2 unspecified atom stereocenters. The van der Waals surface area contributed by atoms with Gasteiger partial charge in [0.25, 0.3) is 0 Å². The first kappa shape index (κ1) is 13.1. The fourth-order valence-electron chi connectivity index (χ4n) is 1.01. The molecule has 5 heteroatoms. The van der Waals surface area contributed by atoms with Gasteiger partial charge in [-0.15, -0.1) is 0 Å². The fraction of sp³-hybridized carbons (Fsp3) is 0.455. The van der Waals surface area contributed by atoms with Gasteiger partial charge in [-0.1, -0.05) is 6.92 Å². The molecule has 16 heavy (non-hydrogen) atoms. The van der Waals surface area contributed by atoms with Gasteiger partial charge in [0, 0.05) is 0 Å². The van der Waals surface area contributed by atoms with E-state index >= 15 is 0 Å². The Balaban J connectivity index is 2.49. The summed E-state index contributed by atoms with van der Waals surface area (Å²) in [6.07, 6.45) is 0.757. The number of ether oxygens (including phenoxy) is 1. The molecule has 0 aliphatic heterocycles. The van der Waals surface area contributed by atoms with Crippen molar-refractivity contribution < 1.29 is 18.3 Å². The van der Waals surface area contributed by atoms with Crippen molar-refractivity contribution in [3.63, 3.8) is 0 Å². The molecule has 1 aromatic carbocycles. The Bertz CT molecular complexity index is 336. The summed E-state index contributed by atoms with van der Waals surface area (Å²) in [7, 11) is -0.875. The highest BCUT2D eigenvalue weighted by atomic mass is 31.1. The lowest BCUT2D eigenvalue weighted by Crippen LogP contribution is -2.01. The van der Waals surface area contributed by atoms with Crippen LogP contribution in [0.5, 0.6) is 11.5 Å². The first-order chi connectivity index (χ1) is 7.65. The molecule has 0 heterocycles. The maximum absolute atomic E-state index is 11.4. The maximum Gasteiger partial charge on any atom is 0.368 e. The summed E-state index contributed by atoms with van der Waals surface area (Å²) in [6.45, 7) is 3.83. The Morgan fingerprint density at radius 2 is 1.81 bits per heavy atom. The van der Waals surface area contributed by atoms with Gasteiger partial charge in [-0.05, 0) is 37.6 Å². The van der Waals surface area contributed by atoms with Crippen LogP contribution in [0.25, 0.3) is 0 Å². The smallest absolute Gasteiger partial charge is 0.368 e. The van der Waals surface area contributed by atoms with Crippen molar-refractivity contribution >= 4 is 8.25 Å². The van der Waals surface area contributed by atoms with Crippen molar-refractivity contribution in [2.75, 3.05) is 7.11 Å². The molecule has 0 N–H and O–H groups in total. The van der Waals surface area contributed by atoms with E-state index in [4.69, 9.17) is 13.8 Å². The van der Waals surface area contributed by atoms with Crippen LogP contribution < -0.4 is 9.26 Å². The van der Waals surface area contributed by atoms with Crippen molar-refractivity contribution in [1.29, 1.82) is 0 Å². The van der Waals surface area contributed by atoms with Gasteiger partial charge in [0.15, 0.2) is 0 Å². The van der Waals surface area contributed by atoms with E-state index in [1.165, 1.54) is 0 Å². The minimum Gasteiger partial charge on any atom is -0.497 e. The van der Waals surface area contributed by atoms with Crippen LogP contribution in [-0.4, -0.2) is 13.2 Å². The van der Waals surface area contributed by atoms with Crippen molar-refractivity contribution in [2.45, 2.75) is 26.4 Å². The highest BCUT2D eigenvalue weighted by Crippen LogP contribution is 2.30. The highest BCUT2D eigenvalue weighted by molar-refractivity contribution is 7.33. The molecule has 0 radical (unpaired) electrons. The second-order valence-electron chi connectivity index (χ2n) is 3.36. The van der Waals surface area contributed by atoms with E-state index in [9.17, 15) is 4.57 Å². The van der Waals surface area contributed by atoms with Gasteiger partial charge in [-0.2, -0.15) is 0 Å². The molecule has 0 fully saturated rings.